The molecule has 0 unspecified atom stereocenters. The van der Waals surface area contributed by atoms with Crippen LogP contribution in [0.5, 0.6) is 5.75 Å². The third-order valence-electron chi connectivity index (χ3n) is 2.09. The molecule has 0 aromatic heterocycles. The Morgan fingerprint density at radius 2 is 1.82 bits per heavy atom. The van der Waals surface area contributed by atoms with Crippen LogP contribution >= 0.6 is 0 Å². The molecule has 0 saturated carbocycles. The zero-order valence-corrected chi connectivity index (χ0v) is 9.74. The minimum atomic E-state index is -0.899. The van der Waals surface area contributed by atoms with E-state index in [1.807, 2.05) is 19.2 Å². The predicted octanol–water partition coefficient (Wildman–Crippen LogP) is 0.459. The highest BCUT2D eigenvalue weighted by Gasteiger charge is 2.09. The number of nitrogens with two attached hydrogens (primary N) is 2. The summed E-state index contributed by atoms with van der Waals surface area (Å²) in [4.78, 5) is 21.6. The Morgan fingerprint density at radius 1 is 1.29 bits per heavy atom. The first-order valence-electron chi connectivity index (χ1n) is 4.99. The number of benzene rings is 1. The summed E-state index contributed by atoms with van der Waals surface area (Å²) >= 11 is 0. The second kappa shape index (κ2) is 5.20. The van der Waals surface area contributed by atoms with Crippen LogP contribution < -0.4 is 21.5 Å². The maximum absolute atomic E-state index is 11.2. The van der Waals surface area contributed by atoms with Crippen molar-refractivity contribution in [2.45, 2.75) is 13.8 Å². The molecule has 17 heavy (non-hydrogen) atoms. The normalized spacial score (nSPS) is 9.76. The number of hydrogen-bond donors (Lipinski definition) is 3. The number of primary amides is 1. The van der Waals surface area contributed by atoms with Crippen LogP contribution in [0.1, 0.15) is 11.1 Å². The Balaban J connectivity index is 2.70. The second-order valence-corrected chi connectivity index (χ2v) is 3.68. The monoisotopic (exact) mass is 237 g/mol. The maximum atomic E-state index is 11.2. The van der Waals surface area contributed by atoms with Crippen LogP contribution in [0.25, 0.3) is 0 Å². The number of nitrogens with one attached hydrogen (secondary N) is 1. The molecule has 0 atom stereocenters. The summed E-state index contributed by atoms with van der Waals surface area (Å²) in [6.07, 6.45) is 0. The van der Waals surface area contributed by atoms with E-state index in [0.29, 0.717) is 11.4 Å². The van der Waals surface area contributed by atoms with Gasteiger partial charge in [-0.3, -0.25) is 10.1 Å². The Kier molecular flexibility index (Phi) is 3.92. The lowest BCUT2D eigenvalue weighted by Gasteiger charge is -2.12. The molecule has 92 valence electrons. The van der Waals surface area contributed by atoms with E-state index >= 15 is 0 Å². The third-order valence-corrected chi connectivity index (χ3v) is 2.09. The highest BCUT2D eigenvalue weighted by molar-refractivity contribution is 5.94. The van der Waals surface area contributed by atoms with Gasteiger partial charge in [-0.15, -0.1) is 0 Å². The van der Waals surface area contributed by atoms with Crippen LogP contribution in [0.15, 0.2) is 12.1 Å². The van der Waals surface area contributed by atoms with E-state index in [9.17, 15) is 9.59 Å². The minimum Gasteiger partial charge on any atom is -0.483 e. The Labute approximate surface area is 98.9 Å². The Morgan fingerprint density at radius 3 is 2.29 bits per heavy atom. The molecular formula is C11H15N3O3. The third kappa shape index (κ3) is 3.67. The molecule has 0 saturated heterocycles. The molecule has 0 aliphatic heterocycles. The molecule has 0 radical (unpaired) electrons. The number of carbonyl (C=O) groups excluding carboxylic acids is 2. The molecule has 0 aliphatic rings. The van der Waals surface area contributed by atoms with Crippen LogP contribution in [0, 0.1) is 13.8 Å². The van der Waals surface area contributed by atoms with Crippen LogP contribution in [0.2, 0.25) is 0 Å². The first-order chi connectivity index (χ1) is 7.90. The van der Waals surface area contributed by atoms with Gasteiger partial charge in [0, 0.05) is 5.69 Å². The van der Waals surface area contributed by atoms with Gasteiger partial charge in [0.25, 0.3) is 5.91 Å². The summed E-state index contributed by atoms with van der Waals surface area (Å²) in [5.41, 5.74) is 12.7. The van der Waals surface area contributed by atoms with Gasteiger partial charge in [0.05, 0.1) is 0 Å². The quantitative estimate of drug-likeness (QED) is 0.663. The molecule has 0 spiro atoms. The molecule has 1 rings (SSSR count). The van der Waals surface area contributed by atoms with Crippen molar-refractivity contribution in [2.24, 2.45) is 5.73 Å². The lowest BCUT2D eigenvalue weighted by Crippen LogP contribution is -2.38. The highest BCUT2D eigenvalue weighted by atomic mass is 16.5. The standard InChI is InChI=1S/C11H15N3O3/c1-6-3-8(12)4-7(2)10(6)17-5-9(15)14-11(13)16/h3-4H,5,12H2,1-2H3,(H3,13,14,15,16). The first-order valence-corrected chi connectivity index (χ1v) is 4.99. The summed E-state index contributed by atoms with van der Waals surface area (Å²) in [5, 5.41) is 1.91. The van der Waals surface area contributed by atoms with Crippen LogP contribution in [-0.4, -0.2) is 18.5 Å². The number of aryl methyl sites for hydroxylation is 2. The number of anilines is 1. The average molecular weight is 237 g/mol. The van der Waals surface area contributed by atoms with Crippen molar-refractivity contribution in [1.82, 2.24) is 5.32 Å². The fraction of sp³-hybridized carbons (Fsp3) is 0.273. The molecule has 0 heterocycles. The topological polar surface area (TPSA) is 107 Å². The number of hydrogen-bond acceptors (Lipinski definition) is 4. The molecule has 6 heteroatoms. The van der Waals surface area contributed by atoms with Crippen molar-refractivity contribution in [3.05, 3.63) is 23.3 Å². The number of ether oxygens (including phenoxy) is 1. The zero-order valence-electron chi connectivity index (χ0n) is 9.74. The van der Waals surface area contributed by atoms with E-state index in [4.69, 9.17) is 16.2 Å². The molecule has 1 aromatic carbocycles. The molecular weight excluding hydrogens is 222 g/mol. The lowest BCUT2D eigenvalue weighted by atomic mass is 10.1. The van der Waals surface area contributed by atoms with Gasteiger partial charge in [-0.2, -0.15) is 0 Å². The molecule has 5 N–H and O–H groups in total. The van der Waals surface area contributed by atoms with Gasteiger partial charge in [-0.25, -0.2) is 4.79 Å². The fourth-order valence-corrected chi connectivity index (χ4v) is 1.52. The van der Waals surface area contributed by atoms with Gasteiger partial charge in [0.2, 0.25) is 0 Å². The fourth-order valence-electron chi connectivity index (χ4n) is 1.52. The van der Waals surface area contributed by atoms with E-state index in [0.717, 1.165) is 11.1 Å². The largest absolute Gasteiger partial charge is 0.483 e. The number of carbonyl (C=O) groups is 2. The smallest absolute Gasteiger partial charge is 0.318 e. The van der Waals surface area contributed by atoms with Crippen molar-refractivity contribution in [2.75, 3.05) is 12.3 Å². The van der Waals surface area contributed by atoms with Gasteiger partial charge >= 0.3 is 6.03 Å². The summed E-state index contributed by atoms with van der Waals surface area (Å²) < 4.78 is 5.31. The van der Waals surface area contributed by atoms with Gasteiger partial charge in [0.1, 0.15) is 5.75 Å². The number of rotatable bonds is 3. The van der Waals surface area contributed by atoms with Crippen LogP contribution in [0.3, 0.4) is 0 Å². The summed E-state index contributed by atoms with van der Waals surface area (Å²) in [6, 6.07) is 2.59. The van der Waals surface area contributed by atoms with Crippen LogP contribution in [0.4, 0.5) is 10.5 Å². The molecule has 0 fully saturated rings. The van der Waals surface area contributed by atoms with Crippen LogP contribution in [-0.2, 0) is 4.79 Å². The van der Waals surface area contributed by atoms with Crippen molar-refractivity contribution in [3.63, 3.8) is 0 Å². The summed E-state index contributed by atoms with van der Waals surface area (Å²) in [7, 11) is 0. The molecule has 1 aromatic rings. The predicted molar refractivity (Wildman–Crippen MR) is 63.5 cm³/mol. The number of amides is 3. The van der Waals surface area contributed by atoms with Gasteiger partial charge < -0.3 is 16.2 Å². The van der Waals surface area contributed by atoms with E-state index in [2.05, 4.69) is 0 Å². The van der Waals surface area contributed by atoms with Crippen molar-refractivity contribution in [1.29, 1.82) is 0 Å². The van der Waals surface area contributed by atoms with E-state index < -0.39 is 11.9 Å². The minimum absolute atomic E-state index is 0.269. The molecule has 0 bridgehead atoms. The summed E-state index contributed by atoms with van der Waals surface area (Å²) in [6.45, 7) is 3.38. The number of imide groups is 1. The maximum Gasteiger partial charge on any atom is 0.318 e. The van der Waals surface area contributed by atoms with E-state index in [-0.39, 0.29) is 6.61 Å². The van der Waals surface area contributed by atoms with Crippen molar-refractivity contribution < 1.29 is 14.3 Å². The second-order valence-electron chi connectivity index (χ2n) is 3.68. The highest BCUT2D eigenvalue weighted by Crippen LogP contribution is 2.25. The first kappa shape index (κ1) is 12.8. The van der Waals surface area contributed by atoms with E-state index in [1.165, 1.54) is 0 Å². The molecule has 3 amide bonds. The van der Waals surface area contributed by atoms with Gasteiger partial charge in [-0.1, -0.05) is 0 Å². The number of urea groups is 1. The molecule has 0 aliphatic carbocycles. The average Bonchev–Trinajstić information content (AvgIpc) is 2.14. The SMILES string of the molecule is Cc1cc(N)cc(C)c1OCC(=O)NC(N)=O. The van der Waals surface area contributed by atoms with E-state index in [1.54, 1.807) is 12.1 Å². The van der Waals surface area contributed by atoms with Gasteiger partial charge in [0.15, 0.2) is 6.61 Å². The zero-order chi connectivity index (χ0) is 13.0. The Hall–Kier alpha value is -2.24. The molecule has 6 nitrogen and oxygen atoms in total. The Bertz CT molecular complexity index is 434. The van der Waals surface area contributed by atoms with Gasteiger partial charge in [-0.05, 0) is 37.1 Å². The summed E-state index contributed by atoms with van der Waals surface area (Å²) in [5.74, 6) is -0.00746. The van der Waals surface area contributed by atoms with Crippen molar-refractivity contribution in [3.8, 4) is 5.75 Å². The van der Waals surface area contributed by atoms with Crippen molar-refractivity contribution >= 4 is 17.6 Å². The lowest BCUT2D eigenvalue weighted by molar-refractivity contribution is -0.121. The number of nitrogen functional groups attached to an aromatic ring is 1.